The molecule has 94 valence electrons. The van der Waals surface area contributed by atoms with Crippen LogP contribution in [0.1, 0.15) is 17.2 Å². The van der Waals surface area contributed by atoms with Crippen molar-refractivity contribution in [1.82, 2.24) is 5.32 Å². The molecule has 2 aromatic rings. The van der Waals surface area contributed by atoms with Crippen LogP contribution in [-0.2, 0) is 16.1 Å². The number of carbonyl (C=O) groups is 1. The number of ether oxygens (including phenoxy) is 1. The fourth-order valence-electron chi connectivity index (χ4n) is 1.71. The summed E-state index contributed by atoms with van der Waals surface area (Å²) in [4.78, 5) is 11.8. The lowest BCUT2D eigenvalue weighted by atomic mass is 10.1. The van der Waals surface area contributed by atoms with E-state index in [4.69, 9.17) is 4.74 Å². The molecule has 0 saturated carbocycles. The molecule has 3 nitrogen and oxygen atoms in total. The second-order valence-corrected chi connectivity index (χ2v) is 4.66. The van der Waals surface area contributed by atoms with Gasteiger partial charge in [-0.05, 0) is 28.0 Å². The molecule has 0 amide bonds. The zero-order chi connectivity index (χ0) is 12.8. The summed E-state index contributed by atoms with van der Waals surface area (Å²) in [6.07, 6.45) is 0. The standard InChI is InChI=1S/C14H15NO2S/c1-17-14(16)13(12-7-8-18-10-12)15-9-11-5-3-2-4-6-11/h2-8,10,13,15H,9H2,1H3/t13-/m1/s1. The Balaban J connectivity index is 2.05. The Labute approximate surface area is 110 Å². The van der Waals surface area contributed by atoms with E-state index in [0.717, 1.165) is 11.1 Å². The van der Waals surface area contributed by atoms with Crippen LogP contribution in [-0.4, -0.2) is 13.1 Å². The average molecular weight is 261 g/mol. The predicted octanol–water partition coefficient (Wildman–Crippen LogP) is 2.75. The molecular weight excluding hydrogens is 246 g/mol. The lowest BCUT2D eigenvalue weighted by molar-refractivity contribution is -0.143. The molecule has 0 saturated heterocycles. The third kappa shape index (κ3) is 3.18. The third-order valence-electron chi connectivity index (χ3n) is 2.67. The normalized spacial score (nSPS) is 12.1. The molecule has 1 aromatic carbocycles. The van der Waals surface area contributed by atoms with Crippen molar-refractivity contribution in [3.8, 4) is 0 Å². The number of hydrogen-bond donors (Lipinski definition) is 1. The van der Waals surface area contributed by atoms with Crippen LogP contribution in [0, 0.1) is 0 Å². The average Bonchev–Trinajstić information content (AvgIpc) is 2.94. The maximum atomic E-state index is 11.8. The highest BCUT2D eigenvalue weighted by Gasteiger charge is 2.20. The Bertz CT molecular complexity index is 482. The van der Waals surface area contributed by atoms with E-state index in [-0.39, 0.29) is 5.97 Å². The maximum absolute atomic E-state index is 11.8. The van der Waals surface area contributed by atoms with Crippen molar-refractivity contribution < 1.29 is 9.53 Å². The number of nitrogens with one attached hydrogen (secondary N) is 1. The number of benzene rings is 1. The summed E-state index contributed by atoms with van der Waals surface area (Å²) in [5.41, 5.74) is 2.09. The number of methoxy groups -OCH3 is 1. The first-order valence-corrected chi connectivity index (χ1v) is 6.63. The van der Waals surface area contributed by atoms with E-state index < -0.39 is 6.04 Å². The SMILES string of the molecule is COC(=O)[C@H](NCc1ccccc1)c1ccsc1. The highest BCUT2D eigenvalue weighted by Crippen LogP contribution is 2.18. The van der Waals surface area contributed by atoms with E-state index in [1.807, 2.05) is 47.2 Å². The van der Waals surface area contributed by atoms with Gasteiger partial charge in [0.25, 0.3) is 0 Å². The van der Waals surface area contributed by atoms with Gasteiger partial charge in [-0.15, -0.1) is 0 Å². The number of rotatable bonds is 5. The zero-order valence-corrected chi connectivity index (χ0v) is 10.9. The second kappa shape index (κ2) is 6.33. The van der Waals surface area contributed by atoms with Crippen molar-refractivity contribution in [2.75, 3.05) is 7.11 Å². The van der Waals surface area contributed by atoms with Crippen LogP contribution in [0.2, 0.25) is 0 Å². The van der Waals surface area contributed by atoms with Gasteiger partial charge in [0.1, 0.15) is 6.04 Å². The zero-order valence-electron chi connectivity index (χ0n) is 10.1. The molecule has 0 spiro atoms. The van der Waals surface area contributed by atoms with Crippen LogP contribution in [0.3, 0.4) is 0 Å². The summed E-state index contributed by atoms with van der Waals surface area (Å²) in [5.74, 6) is -0.260. The summed E-state index contributed by atoms with van der Waals surface area (Å²) in [7, 11) is 1.41. The van der Waals surface area contributed by atoms with Crippen LogP contribution in [0.4, 0.5) is 0 Å². The largest absolute Gasteiger partial charge is 0.468 e. The van der Waals surface area contributed by atoms with Gasteiger partial charge in [0.05, 0.1) is 7.11 Å². The quantitative estimate of drug-likeness (QED) is 0.841. The van der Waals surface area contributed by atoms with Crippen LogP contribution in [0.25, 0.3) is 0 Å². The minimum atomic E-state index is -0.401. The fraction of sp³-hybridized carbons (Fsp3) is 0.214. The molecule has 1 atom stereocenters. The molecule has 0 radical (unpaired) electrons. The van der Waals surface area contributed by atoms with Gasteiger partial charge in [-0.3, -0.25) is 5.32 Å². The van der Waals surface area contributed by atoms with Gasteiger partial charge < -0.3 is 4.74 Å². The molecule has 1 N–H and O–H groups in total. The van der Waals surface area contributed by atoms with Crippen molar-refractivity contribution >= 4 is 17.3 Å². The number of thiophene rings is 1. The Hall–Kier alpha value is -1.65. The third-order valence-corrected chi connectivity index (χ3v) is 3.37. The molecule has 18 heavy (non-hydrogen) atoms. The van der Waals surface area contributed by atoms with Crippen LogP contribution >= 0.6 is 11.3 Å². The van der Waals surface area contributed by atoms with E-state index in [1.54, 1.807) is 11.3 Å². The van der Waals surface area contributed by atoms with Gasteiger partial charge in [-0.25, -0.2) is 4.79 Å². The second-order valence-electron chi connectivity index (χ2n) is 3.88. The van der Waals surface area contributed by atoms with Gasteiger partial charge in [-0.2, -0.15) is 11.3 Å². The summed E-state index contributed by atoms with van der Waals surface area (Å²) in [5, 5.41) is 7.13. The van der Waals surface area contributed by atoms with E-state index >= 15 is 0 Å². The fourth-order valence-corrected chi connectivity index (χ4v) is 2.40. The van der Waals surface area contributed by atoms with Crippen LogP contribution in [0.15, 0.2) is 47.2 Å². The number of carbonyl (C=O) groups excluding carboxylic acids is 1. The molecule has 1 heterocycles. The highest BCUT2D eigenvalue weighted by atomic mass is 32.1. The molecule has 4 heteroatoms. The lowest BCUT2D eigenvalue weighted by Gasteiger charge is -2.15. The summed E-state index contributed by atoms with van der Waals surface area (Å²) >= 11 is 1.57. The Morgan fingerprint density at radius 1 is 1.33 bits per heavy atom. The van der Waals surface area contributed by atoms with Gasteiger partial charge in [-0.1, -0.05) is 30.3 Å². The minimum absolute atomic E-state index is 0.260. The molecule has 0 unspecified atom stereocenters. The first kappa shape index (κ1) is 12.8. The van der Waals surface area contributed by atoms with Gasteiger partial charge in [0.15, 0.2) is 0 Å². The first-order chi connectivity index (χ1) is 8.81. The summed E-state index contributed by atoms with van der Waals surface area (Å²) in [6.45, 7) is 0.635. The Morgan fingerprint density at radius 3 is 2.72 bits per heavy atom. The van der Waals surface area contributed by atoms with Crippen molar-refractivity contribution in [3.63, 3.8) is 0 Å². The van der Waals surface area contributed by atoms with E-state index in [2.05, 4.69) is 5.32 Å². The molecule has 0 aliphatic heterocycles. The van der Waals surface area contributed by atoms with E-state index in [0.29, 0.717) is 6.54 Å². The predicted molar refractivity (Wildman–Crippen MR) is 72.4 cm³/mol. The highest BCUT2D eigenvalue weighted by molar-refractivity contribution is 7.08. The summed E-state index contributed by atoms with van der Waals surface area (Å²) in [6, 6.07) is 11.5. The van der Waals surface area contributed by atoms with E-state index in [1.165, 1.54) is 7.11 Å². The smallest absolute Gasteiger partial charge is 0.327 e. The number of hydrogen-bond acceptors (Lipinski definition) is 4. The maximum Gasteiger partial charge on any atom is 0.327 e. The Morgan fingerprint density at radius 2 is 2.11 bits per heavy atom. The van der Waals surface area contributed by atoms with Crippen LogP contribution < -0.4 is 5.32 Å². The Kier molecular flexibility index (Phi) is 4.50. The van der Waals surface area contributed by atoms with Gasteiger partial charge >= 0.3 is 5.97 Å². The molecule has 1 aromatic heterocycles. The molecule has 0 aliphatic carbocycles. The van der Waals surface area contributed by atoms with Crippen molar-refractivity contribution in [2.45, 2.75) is 12.6 Å². The monoisotopic (exact) mass is 261 g/mol. The first-order valence-electron chi connectivity index (χ1n) is 5.68. The van der Waals surface area contributed by atoms with E-state index in [9.17, 15) is 4.79 Å². The molecule has 0 aliphatic rings. The van der Waals surface area contributed by atoms with Crippen LogP contribution in [0.5, 0.6) is 0 Å². The lowest BCUT2D eigenvalue weighted by Crippen LogP contribution is -2.28. The van der Waals surface area contributed by atoms with Crippen molar-refractivity contribution in [2.24, 2.45) is 0 Å². The molecule has 2 rings (SSSR count). The van der Waals surface area contributed by atoms with Crippen molar-refractivity contribution in [1.29, 1.82) is 0 Å². The van der Waals surface area contributed by atoms with Crippen molar-refractivity contribution in [3.05, 3.63) is 58.3 Å². The molecule has 0 fully saturated rings. The topological polar surface area (TPSA) is 38.3 Å². The molecular formula is C14H15NO2S. The van der Waals surface area contributed by atoms with Gasteiger partial charge in [0, 0.05) is 6.54 Å². The minimum Gasteiger partial charge on any atom is -0.468 e. The number of esters is 1. The summed E-state index contributed by atoms with van der Waals surface area (Å²) < 4.78 is 4.83. The molecule has 0 bridgehead atoms. The van der Waals surface area contributed by atoms with Gasteiger partial charge in [0.2, 0.25) is 0 Å².